The first-order chi connectivity index (χ1) is 11.1. The molecule has 23 heavy (non-hydrogen) atoms. The molecule has 0 radical (unpaired) electrons. The largest absolute Gasteiger partial charge is 0.481 e. The Morgan fingerprint density at radius 2 is 1.87 bits per heavy atom. The van der Waals surface area contributed by atoms with Gasteiger partial charge < -0.3 is 5.11 Å². The zero-order chi connectivity index (χ0) is 17.1. The van der Waals surface area contributed by atoms with E-state index in [0.29, 0.717) is 6.54 Å². The van der Waals surface area contributed by atoms with Gasteiger partial charge in [-0.25, -0.2) is 0 Å². The number of carbonyl (C=O) groups is 1. The lowest BCUT2D eigenvalue weighted by molar-refractivity contribution is -0.138. The Morgan fingerprint density at radius 1 is 1.17 bits per heavy atom. The van der Waals surface area contributed by atoms with E-state index in [1.807, 2.05) is 62.4 Å². The summed E-state index contributed by atoms with van der Waals surface area (Å²) in [5, 5.41) is 9.23. The van der Waals surface area contributed by atoms with Gasteiger partial charge in [-0.1, -0.05) is 66.8 Å². The van der Waals surface area contributed by atoms with Crippen LogP contribution in [0.4, 0.5) is 0 Å². The minimum absolute atomic E-state index is 0.0962. The number of nitrogens with zero attached hydrogens (tertiary/aromatic N) is 1. The summed E-state index contributed by atoms with van der Waals surface area (Å²) < 4.78 is 0. The third-order valence-electron chi connectivity index (χ3n) is 3.76. The fraction of sp³-hybridized carbons (Fsp3) is 0.350. The molecule has 0 saturated carbocycles. The molecular formula is C20H27NO2. The summed E-state index contributed by atoms with van der Waals surface area (Å²) >= 11 is 0. The highest BCUT2D eigenvalue weighted by molar-refractivity contribution is 5.68. The van der Waals surface area contributed by atoms with Gasteiger partial charge in [0.15, 0.2) is 0 Å². The van der Waals surface area contributed by atoms with E-state index < -0.39 is 5.97 Å². The number of benzene rings is 1. The number of hydrogen-bond donors (Lipinski definition) is 1. The van der Waals surface area contributed by atoms with Crippen LogP contribution in [0.15, 0.2) is 66.8 Å². The van der Waals surface area contributed by atoms with Crippen molar-refractivity contribution in [1.82, 2.24) is 4.90 Å². The van der Waals surface area contributed by atoms with Gasteiger partial charge in [0.2, 0.25) is 0 Å². The first-order valence-electron chi connectivity index (χ1n) is 8.03. The third kappa shape index (κ3) is 6.66. The smallest absolute Gasteiger partial charge is 0.305 e. The molecule has 0 amide bonds. The van der Waals surface area contributed by atoms with Crippen molar-refractivity contribution in [2.45, 2.75) is 39.3 Å². The lowest BCUT2D eigenvalue weighted by Crippen LogP contribution is -2.37. The number of carboxylic acid groups (broad SMARTS) is 1. The highest BCUT2D eigenvalue weighted by atomic mass is 16.4. The molecule has 0 spiro atoms. The molecule has 0 aliphatic carbocycles. The predicted molar refractivity (Wildman–Crippen MR) is 96.4 cm³/mol. The fourth-order valence-corrected chi connectivity index (χ4v) is 2.57. The quantitative estimate of drug-likeness (QED) is 0.535. The maximum Gasteiger partial charge on any atom is 0.305 e. The topological polar surface area (TPSA) is 40.5 Å². The molecule has 3 nitrogen and oxygen atoms in total. The number of aliphatic carboxylic acids is 1. The van der Waals surface area contributed by atoms with Crippen LogP contribution in [0.5, 0.6) is 0 Å². The highest BCUT2D eigenvalue weighted by Gasteiger charge is 2.23. The molecule has 0 heterocycles. The maximum atomic E-state index is 11.2. The molecule has 2 unspecified atom stereocenters. The van der Waals surface area contributed by atoms with Gasteiger partial charge in [-0.3, -0.25) is 9.69 Å². The van der Waals surface area contributed by atoms with E-state index in [0.717, 1.165) is 0 Å². The maximum absolute atomic E-state index is 11.2. The SMILES string of the molecule is CC=CC=CCN(C(C=CC)CC(=O)O)C(C)c1ccccc1. The molecule has 0 aliphatic rings. The van der Waals surface area contributed by atoms with Crippen LogP contribution in [0.3, 0.4) is 0 Å². The van der Waals surface area contributed by atoms with E-state index in [1.54, 1.807) is 0 Å². The molecule has 124 valence electrons. The van der Waals surface area contributed by atoms with Gasteiger partial charge in [0.25, 0.3) is 0 Å². The molecule has 0 aromatic heterocycles. The van der Waals surface area contributed by atoms with Crippen LogP contribution in [0.25, 0.3) is 0 Å². The Balaban J connectivity index is 3.04. The molecule has 0 aliphatic heterocycles. The second-order valence-electron chi connectivity index (χ2n) is 5.43. The van der Waals surface area contributed by atoms with Crippen molar-refractivity contribution in [1.29, 1.82) is 0 Å². The molecule has 1 aromatic rings. The Labute approximate surface area is 139 Å². The monoisotopic (exact) mass is 313 g/mol. The summed E-state index contributed by atoms with van der Waals surface area (Å²) in [6, 6.07) is 10.2. The number of carboxylic acids is 1. The van der Waals surface area contributed by atoms with Crippen molar-refractivity contribution in [3.05, 3.63) is 72.4 Å². The normalized spacial score (nSPS) is 15.0. The molecule has 3 heteroatoms. The summed E-state index contributed by atoms with van der Waals surface area (Å²) in [5.41, 5.74) is 1.19. The first kappa shape index (κ1) is 18.9. The van der Waals surface area contributed by atoms with E-state index in [2.05, 4.69) is 30.0 Å². The Bertz CT molecular complexity index is 546. The van der Waals surface area contributed by atoms with Crippen molar-refractivity contribution in [2.75, 3.05) is 6.54 Å². The van der Waals surface area contributed by atoms with Crippen LogP contribution < -0.4 is 0 Å². The molecule has 0 fully saturated rings. The average molecular weight is 313 g/mol. The zero-order valence-electron chi connectivity index (χ0n) is 14.2. The molecule has 2 atom stereocenters. The molecular weight excluding hydrogens is 286 g/mol. The summed E-state index contributed by atoms with van der Waals surface area (Å²) in [6.45, 7) is 6.72. The van der Waals surface area contributed by atoms with Crippen molar-refractivity contribution in [2.24, 2.45) is 0 Å². The van der Waals surface area contributed by atoms with E-state index in [1.165, 1.54) is 5.56 Å². The van der Waals surface area contributed by atoms with E-state index in [4.69, 9.17) is 0 Å². The summed E-state index contributed by atoms with van der Waals surface area (Å²) in [7, 11) is 0. The van der Waals surface area contributed by atoms with Crippen molar-refractivity contribution in [3.8, 4) is 0 Å². The molecule has 1 N–H and O–H groups in total. The second kappa shape index (κ2) is 10.6. The number of allylic oxidation sites excluding steroid dienone is 4. The van der Waals surface area contributed by atoms with Gasteiger partial charge >= 0.3 is 5.97 Å². The summed E-state index contributed by atoms with van der Waals surface area (Å²) in [4.78, 5) is 13.4. The van der Waals surface area contributed by atoms with Gasteiger partial charge in [-0.05, 0) is 26.3 Å². The van der Waals surface area contributed by atoms with Gasteiger partial charge in [0.05, 0.1) is 6.42 Å². The van der Waals surface area contributed by atoms with Gasteiger partial charge in [0, 0.05) is 18.6 Å². The highest BCUT2D eigenvalue weighted by Crippen LogP contribution is 2.24. The van der Waals surface area contributed by atoms with E-state index in [-0.39, 0.29) is 18.5 Å². The van der Waals surface area contributed by atoms with Crippen LogP contribution >= 0.6 is 0 Å². The van der Waals surface area contributed by atoms with Crippen LogP contribution in [0.2, 0.25) is 0 Å². The van der Waals surface area contributed by atoms with E-state index in [9.17, 15) is 9.90 Å². The van der Waals surface area contributed by atoms with E-state index >= 15 is 0 Å². The second-order valence-corrected chi connectivity index (χ2v) is 5.43. The Morgan fingerprint density at radius 3 is 2.43 bits per heavy atom. The molecule has 1 aromatic carbocycles. The van der Waals surface area contributed by atoms with Crippen molar-refractivity contribution in [3.63, 3.8) is 0 Å². The van der Waals surface area contributed by atoms with Crippen LogP contribution in [0.1, 0.15) is 38.8 Å². The van der Waals surface area contributed by atoms with Gasteiger partial charge in [0.1, 0.15) is 0 Å². The van der Waals surface area contributed by atoms with Crippen LogP contribution in [0, 0.1) is 0 Å². The minimum Gasteiger partial charge on any atom is -0.481 e. The Hall–Kier alpha value is -2.13. The molecule has 1 rings (SSSR count). The zero-order valence-corrected chi connectivity index (χ0v) is 14.2. The number of hydrogen-bond acceptors (Lipinski definition) is 2. The Kier molecular flexibility index (Phi) is 8.70. The number of rotatable bonds is 9. The van der Waals surface area contributed by atoms with Crippen molar-refractivity contribution >= 4 is 5.97 Å². The van der Waals surface area contributed by atoms with Gasteiger partial charge in [-0.15, -0.1) is 0 Å². The molecule has 0 bridgehead atoms. The van der Waals surface area contributed by atoms with Crippen LogP contribution in [-0.4, -0.2) is 28.6 Å². The first-order valence-corrected chi connectivity index (χ1v) is 8.03. The summed E-state index contributed by atoms with van der Waals surface area (Å²) in [6.07, 6.45) is 12.0. The minimum atomic E-state index is -0.782. The van der Waals surface area contributed by atoms with Gasteiger partial charge in [-0.2, -0.15) is 0 Å². The van der Waals surface area contributed by atoms with Crippen LogP contribution in [-0.2, 0) is 4.79 Å². The lowest BCUT2D eigenvalue weighted by Gasteiger charge is -2.34. The summed E-state index contributed by atoms with van der Waals surface area (Å²) in [5.74, 6) is -0.782. The molecule has 0 saturated heterocycles. The third-order valence-corrected chi connectivity index (χ3v) is 3.76. The predicted octanol–water partition coefficient (Wildman–Crippen LogP) is 4.60. The van der Waals surface area contributed by atoms with Crippen molar-refractivity contribution < 1.29 is 9.90 Å². The standard InChI is InChI=1S/C20H27NO2/c1-4-6-7-11-15-21(19(12-5-2)16-20(22)23)17(3)18-13-9-8-10-14-18/h4-14,17,19H,15-16H2,1-3H3,(H,22,23). The fourth-order valence-electron chi connectivity index (χ4n) is 2.57. The average Bonchev–Trinajstić information content (AvgIpc) is 2.54. The lowest BCUT2D eigenvalue weighted by atomic mass is 10.0.